The van der Waals surface area contributed by atoms with Crippen LogP contribution in [0.25, 0.3) is 0 Å². The summed E-state index contributed by atoms with van der Waals surface area (Å²) in [6, 6.07) is 0. The molecule has 2 atom stereocenters. The summed E-state index contributed by atoms with van der Waals surface area (Å²) in [6.45, 7) is -0.385. The van der Waals surface area contributed by atoms with Crippen molar-refractivity contribution in [3.63, 3.8) is 0 Å². The Bertz CT molecular complexity index is 118. The van der Waals surface area contributed by atoms with Crippen LogP contribution in [-0.4, -0.2) is 27.0 Å². The highest BCUT2D eigenvalue weighted by molar-refractivity contribution is 9.12. The Morgan fingerprint density at radius 2 is 2.22 bits per heavy atom. The fourth-order valence-electron chi connectivity index (χ4n) is 0.765. The number of aliphatic hydroxyl groups is 1. The molecule has 54 valence electrons. The van der Waals surface area contributed by atoms with E-state index in [0.29, 0.717) is 11.8 Å². The molecule has 1 N–H and O–H groups in total. The van der Waals surface area contributed by atoms with Crippen LogP contribution in [0.2, 0.25) is 0 Å². The Balaban J connectivity index is 2.54. The van der Waals surface area contributed by atoms with E-state index in [4.69, 9.17) is 5.11 Å². The molecular formula is C5H7Br2FO. The van der Waals surface area contributed by atoms with Crippen LogP contribution in [0.4, 0.5) is 4.39 Å². The fourth-order valence-corrected chi connectivity index (χ4v) is 2.04. The monoisotopic (exact) mass is 260 g/mol. The molecule has 1 rings (SSSR count). The molecule has 1 aliphatic rings. The van der Waals surface area contributed by atoms with Gasteiger partial charge in [0.2, 0.25) is 0 Å². The maximum absolute atomic E-state index is 13.0. The molecule has 1 nitrogen and oxygen atoms in total. The summed E-state index contributed by atoms with van der Waals surface area (Å²) in [5, 5.41) is 9.06. The molecule has 0 spiro atoms. The van der Waals surface area contributed by atoms with E-state index in [2.05, 4.69) is 31.9 Å². The zero-order valence-electron chi connectivity index (χ0n) is 4.70. The maximum Gasteiger partial charge on any atom is 0.151 e. The van der Waals surface area contributed by atoms with E-state index in [-0.39, 0.29) is 6.61 Å². The molecule has 0 aromatic heterocycles. The maximum atomic E-state index is 13.0. The fraction of sp³-hybridized carbons (Fsp3) is 1.00. The molecular weight excluding hydrogens is 255 g/mol. The Morgan fingerprint density at radius 3 is 2.33 bits per heavy atom. The third-order valence-electron chi connectivity index (χ3n) is 1.70. The Morgan fingerprint density at radius 1 is 1.67 bits per heavy atom. The normalized spacial score (nSPS) is 49.3. The largest absolute Gasteiger partial charge is 0.393 e. The molecule has 4 heteroatoms. The van der Waals surface area contributed by atoms with Crippen molar-refractivity contribution in [3.05, 3.63) is 0 Å². The minimum absolute atomic E-state index is 0.385. The minimum Gasteiger partial charge on any atom is -0.393 e. The lowest BCUT2D eigenvalue weighted by atomic mass is 10.3. The second kappa shape index (κ2) is 2.17. The minimum atomic E-state index is -1.38. The molecule has 1 fully saturated rings. The molecule has 0 aromatic carbocycles. The highest BCUT2D eigenvalue weighted by atomic mass is 79.9. The summed E-state index contributed by atoms with van der Waals surface area (Å²) in [6.07, 6.45) is 0.405. The molecule has 0 bridgehead atoms. The second-order valence-electron chi connectivity index (χ2n) is 2.40. The van der Waals surface area contributed by atoms with Gasteiger partial charge >= 0.3 is 0 Å². The van der Waals surface area contributed by atoms with Crippen LogP contribution in [0.15, 0.2) is 0 Å². The van der Waals surface area contributed by atoms with Gasteiger partial charge in [0.05, 0.1) is 10.9 Å². The van der Waals surface area contributed by atoms with Gasteiger partial charge in [-0.25, -0.2) is 4.39 Å². The number of alkyl halides is 3. The van der Waals surface area contributed by atoms with Crippen LogP contribution in [-0.2, 0) is 0 Å². The van der Waals surface area contributed by atoms with Gasteiger partial charge in [-0.3, -0.25) is 0 Å². The van der Waals surface area contributed by atoms with E-state index in [0.717, 1.165) is 0 Å². The van der Waals surface area contributed by atoms with E-state index in [1.807, 2.05) is 0 Å². The smallest absolute Gasteiger partial charge is 0.151 e. The van der Waals surface area contributed by atoms with E-state index in [1.54, 1.807) is 0 Å². The van der Waals surface area contributed by atoms with Crippen LogP contribution in [0.1, 0.15) is 6.42 Å². The Kier molecular flexibility index (Phi) is 1.92. The molecule has 0 aliphatic heterocycles. The van der Waals surface area contributed by atoms with Crippen LogP contribution in [0, 0.1) is 0 Å². The Labute approximate surface area is 69.9 Å². The number of rotatable bonds is 2. The third-order valence-corrected chi connectivity index (χ3v) is 4.68. The van der Waals surface area contributed by atoms with E-state index >= 15 is 0 Å². The van der Waals surface area contributed by atoms with Gasteiger partial charge in [-0.05, 0) is 0 Å². The van der Waals surface area contributed by atoms with Crippen LogP contribution in [0.5, 0.6) is 0 Å². The van der Waals surface area contributed by atoms with Crippen molar-refractivity contribution in [2.75, 3.05) is 11.9 Å². The molecule has 0 heterocycles. The topological polar surface area (TPSA) is 20.2 Å². The second-order valence-corrected chi connectivity index (χ2v) is 4.48. The standard InChI is InChI=1S/C5H7Br2FO/c6-2-4(7)1-5(4,8)3-9/h9H,1-3H2. The SMILES string of the molecule is OCC1(F)CC1(Br)CBr. The summed E-state index contributed by atoms with van der Waals surface area (Å²) in [4.78, 5) is 0. The molecule has 1 aliphatic carbocycles. The predicted molar refractivity (Wildman–Crippen MR) is 41.0 cm³/mol. The first kappa shape index (κ1) is 7.95. The molecule has 0 radical (unpaired) electrons. The molecule has 0 amide bonds. The van der Waals surface area contributed by atoms with Gasteiger partial charge in [-0.2, -0.15) is 0 Å². The molecule has 2 unspecified atom stereocenters. The number of aliphatic hydroxyl groups excluding tert-OH is 1. The van der Waals surface area contributed by atoms with Gasteiger partial charge in [0.25, 0.3) is 0 Å². The van der Waals surface area contributed by atoms with Crippen molar-refractivity contribution in [1.29, 1.82) is 0 Å². The van der Waals surface area contributed by atoms with Gasteiger partial charge in [-0.1, -0.05) is 31.9 Å². The number of hydrogen-bond donors (Lipinski definition) is 1. The van der Waals surface area contributed by atoms with Crippen LogP contribution < -0.4 is 0 Å². The molecule has 9 heavy (non-hydrogen) atoms. The first-order chi connectivity index (χ1) is 4.08. The van der Waals surface area contributed by atoms with Gasteiger partial charge in [0.15, 0.2) is 5.67 Å². The third kappa shape index (κ3) is 1.05. The van der Waals surface area contributed by atoms with Crippen LogP contribution in [0.3, 0.4) is 0 Å². The number of halogens is 3. The van der Waals surface area contributed by atoms with Crippen molar-refractivity contribution in [2.24, 2.45) is 0 Å². The lowest BCUT2D eigenvalue weighted by Gasteiger charge is -2.06. The van der Waals surface area contributed by atoms with Gasteiger partial charge in [-0.15, -0.1) is 0 Å². The van der Waals surface area contributed by atoms with Gasteiger partial charge < -0.3 is 5.11 Å². The van der Waals surface area contributed by atoms with Crippen molar-refractivity contribution < 1.29 is 9.50 Å². The van der Waals surface area contributed by atoms with Gasteiger partial charge in [0, 0.05) is 11.8 Å². The van der Waals surface area contributed by atoms with Gasteiger partial charge in [0.1, 0.15) is 0 Å². The quantitative estimate of drug-likeness (QED) is 0.749. The first-order valence-corrected chi connectivity index (χ1v) is 4.54. The van der Waals surface area contributed by atoms with Crippen molar-refractivity contribution in [3.8, 4) is 0 Å². The average Bonchev–Trinajstić information content (AvgIpc) is 2.39. The summed E-state index contributed by atoms with van der Waals surface area (Å²) >= 11 is 6.34. The highest BCUT2D eigenvalue weighted by Crippen LogP contribution is 2.58. The number of hydrogen-bond acceptors (Lipinski definition) is 1. The average molecular weight is 262 g/mol. The predicted octanol–water partition coefficient (Wildman–Crippen LogP) is 1.62. The van der Waals surface area contributed by atoms with Crippen molar-refractivity contribution >= 4 is 31.9 Å². The summed E-state index contributed by atoms with van der Waals surface area (Å²) in [5.74, 6) is 0. The first-order valence-electron chi connectivity index (χ1n) is 2.63. The molecule has 0 aromatic rings. The van der Waals surface area contributed by atoms with E-state index < -0.39 is 9.99 Å². The summed E-state index contributed by atoms with van der Waals surface area (Å²) in [7, 11) is 0. The zero-order chi connectivity index (χ0) is 7.12. The lowest BCUT2D eigenvalue weighted by Crippen LogP contribution is -2.20. The lowest BCUT2D eigenvalue weighted by molar-refractivity contribution is 0.154. The Hall–Kier alpha value is 0.850. The van der Waals surface area contributed by atoms with Crippen LogP contribution >= 0.6 is 31.9 Å². The van der Waals surface area contributed by atoms with Crippen molar-refractivity contribution in [1.82, 2.24) is 0 Å². The molecule has 0 saturated heterocycles. The molecule has 1 saturated carbocycles. The zero-order valence-corrected chi connectivity index (χ0v) is 7.87. The van der Waals surface area contributed by atoms with E-state index in [1.165, 1.54) is 0 Å². The van der Waals surface area contributed by atoms with E-state index in [9.17, 15) is 4.39 Å². The van der Waals surface area contributed by atoms with Crippen molar-refractivity contribution in [2.45, 2.75) is 16.4 Å². The summed E-state index contributed by atoms with van der Waals surface area (Å²) in [5.41, 5.74) is -1.38. The summed E-state index contributed by atoms with van der Waals surface area (Å²) < 4.78 is 12.5. The highest BCUT2D eigenvalue weighted by Gasteiger charge is 2.66.